The molecule has 2 heterocycles. The second kappa shape index (κ2) is 7.15. The summed E-state index contributed by atoms with van der Waals surface area (Å²) in [6.45, 7) is 0. The van der Waals surface area contributed by atoms with Gasteiger partial charge in [-0.25, -0.2) is 4.98 Å². The minimum absolute atomic E-state index is 0.288. The van der Waals surface area contributed by atoms with E-state index in [0.29, 0.717) is 31.8 Å². The van der Waals surface area contributed by atoms with E-state index in [1.165, 1.54) is 17.4 Å². The number of aromatic amines is 1. The van der Waals surface area contributed by atoms with Crippen molar-refractivity contribution >= 4 is 56.5 Å². The maximum atomic E-state index is 12.7. The number of fused-ring (bicyclic) bond motifs is 1. The summed E-state index contributed by atoms with van der Waals surface area (Å²) in [5, 5.41) is 6.62. The Morgan fingerprint density at radius 2 is 1.93 bits per heavy atom. The number of rotatable bonds is 3. The van der Waals surface area contributed by atoms with Crippen molar-refractivity contribution in [3.8, 4) is 11.3 Å². The van der Waals surface area contributed by atoms with Gasteiger partial charge >= 0.3 is 0 Å². The van der Waals surface area contributed by atoms with E-state index in [4.69, 9.17) is 23.2 Å². The van der Waals surface area contributed by atoms with Gasteiger partial charge in [-0.15, -0.1) is 11.3 Å². The van der Waals surface area contributed by atoms with Gasteiger partial charge in [-0.1, -0.05) is 41.4 Å². The highest BCUT2D eigenvalue weighted by molar-refractivity contribution is 7.14. The normalized spacial score (nSPS) is 10.9. The fourth-order valence-electron chi connectivity index (χ4n) is 2.71. The van der Waals surface area contributed by atoms with Crippen molar-refractivity contribution in [2.45, 2.75) is 0 Å². The van der Waals surface area contributed by atoms with E-state index >= 15 is 0 Å². The lowest BCUT2D eigenvalue weighted by molar-refractivity contribution is 0.102. The number of pyridine rings is 1. The SMILES string of the molecule is O=C(Nc1nc(-c2ccc(Cl)cc2Cl)cs1)c1cc(=O)[nH]c2ccccc12. The van der Waals surface area contributed by atoms with E-state index in [0.717, 1.165) is 5.56 Å². The highest BCUT2D eigenvalue weighted by Gasteiger charge is 2.15. The van der Waals surface area contributed by atoms with Gasteiger partial charge in [0.15, 0.2) is 5.13 Å². The monoisotopic (exact) mass is 415 g/mol. The summed E-state index contributed by atoms with van der Waals surface area (Å²) in [7, 11) is 0. The van der Waals surface area contributed by atoms with Gasteiger partial charge in [0, 0.05) is 32.9 Å². The summed E-state index contributed by atoms with van der Waals surface area (Å²) in [6.07, 6.45) is 0. The third-order valence-electron chi connectivity index (χ3n) is 3.93. The van der Waals surface area contributed by atoms with Gasteiger partial charge in [0.25, 0.3) is 5.91 Å². The zero-order valence-electron chi connectivity index (χ0n) is 13.6. The maximum absolute atomic E-state index is 12.7. The fraction of sp³-hybridized carbons (Fsp3) is 0. The van der Waals surface area contributed by atoms with Gasteiger partial charge in [0.05, 0.1) is 16.3 Å². The molecular formula is C19H11Cl2N3O2S. The highest BCUT2D eigenvalue weighted by Crippen LogP contribution is 2.32. The first kappa shape index (κ1) is 17.7. The summed E-state index contributed by atoms with van der Waals surface area (Å²) in [4.78, 5) is 31.7. The molecule has 0 aliphatic rings. The Hall–Kier alpha value is -2.67. The third kappa shape index (κ3) is 3.60. The third-order valence-corrected chi connectivity index (χ3v) is 5.23. The highest BCUT2D eigenvalue weighted by atomic mass is 35.5. The number of nitrogens with zero attached hydrogens (tertiary/aromatic N) is 1. The number of aromatic nitrogens is 2. The van der Waals surface area contributed by atoms with Gasteiger partial charge in [-0.3, -0.25) is 14.9 Å². The van der Waals surface area contributed by atoms with Gasteiger partial charge in [0.1, 0.15) is 0 Å². The van der Waals surface area contributed by atoms with Crippen LogP contribution in [0.5, 0.6) is 0 Å². The number of halogens is 2. The van der Waals surface area contributed by atoms with Crippen LogP contribution in [0.1, 0.15) is 10.4 Å². The molecule has 4 rings (SSSR count). The first-order valence-electron chi connectivity index (χ1n) is 7.85. The fourth-order valence-corrected chi connectivity index (χ4v) is 3.92. The topological polar surface area (TPSA) is 74.8 Å². The van der Waals surface area contributed by atoms with E-state index in [2.05, 4.69) is 15.3 Å². The number of carbonyl (C=O) groups is 1. The van der Waals surface area contributed by atoms with Crippen LogP contribution >= 0.6 is 34.5 Å². The minimum atomic E-state index is -0.402. The second-order valence-electron chi connectivity index (χ2n) is 5.71. The average Bonchev–Trinajstić information content (AvgIpc) is 3.09. The first-order chi connectivity index (χ1) is 13.0. The Morgan fingerprint density at radius 3 is 2.74 bits per heavy atom. The number of thiazole rings is 1. The Labute approximate surface area is 167 Å². The smallest absolute Gasteiger partial charge is 0.258 e. The van der Waals surface area contributed by atoms with Crippen LogP contribution in [-0.2, 0) is 0 Å². The molecule has 2 N–H and O–H groups in total. The molecular weight excluding hydrogens is 405 g/mol. The number of hydrogen-bond donors (Lipinski definition) is 2. The molecule has 0 unspecified atom stereocenters. The quantitative estimate of drug-likeness (QED) is 0.482. The van der Waals surface area contributed by atoms with E-state index in [-0.39, 0.29) is 11.1 Å². The van der Waals surface area contributed by atoms with E-state index in [9.17, 15) is 9.59 Å². The predicted molar refractivity (Wildman–Crippen MR) is 110 cm³/mol. The summed E-state index contributed by atoms with van der Waals surface area (Å²) >= 11 is 13.4. The zero-order chi connectivity index (χ0) is 19.0. The summed E-state index contributed by atoms with van der Waals surface area (Å²) in [6, 6.07) is 13.5. The lowest BCUT2D eigenvalue weighted by Crippen LogP contribution is -2.16. The molecule has 0 aliphatic carbocycles. The van der Waals surface area contributed by atoms with Gasteiger partial charge in [-0.05, 0) is 24.3 Å². The molecule has 0 spiro atoms. The van der Waals surface area contributed by atoms with Crippen LogP contribution < -0.4 is 10.9 Å². The number of H-pyrrole nitrogens is 1. The molecule has 0 radical (unpaired) electrons. The molecule has 4 aromatic rings. The Morgan fingerprint density at radius 1 is 1.11 bits per heavy atom. The lowest BCUT2D eigenvalue weighted by atomic mass is 10.1. The van der Waals surface area contributed by atoms with Crippen molar-refractivity contribution in [3.05, 3.63) is 79.9 Å². The summed E-state index contributed by atoms with van der Waals surface area (Å²) in [5.41, 5.74) is 1.90. The van der Waals surface area contributed by atoms with Crippen molar-refractivity contribution in [1.82, 2.24) is 9.97 Å². The van der Waals surface area contributed by atoms with Crippen LogP contribution in [0.25, 0.3) is 22.2 Å². The van der Waals surface area contributed by atoms with Crippen LogP contribution in [0.2, 0.25) is 10.0 Å². The Balaban J connectivity index is 1.65. The molecule has 134 valence electrons. The summed E-state index contributed by atoms with van der Waals surface area (Å²) in [5.74, 6) is -0.402. The molecule has 0 atom stereocenters. The van der Waals surface area contributed by atoms with Crippen molar-refractivity contribution in [3.63, 3.8) is 0 Å². The van der Waals surface area contributed by atoms with Crippen LogP contribution in [-0.4, -0.2) is 15.9 Å². The van der Waals surface area contributed by atoms with E-state index in [1.54, 1.807) is 41.8 Å². The molecule has 0 fully saturated rings. The molecule has 5 nitrogen and oxygen atoms in total. The number of carbonyl (C=O) groups excluding carboxylic acids is 1. The number of para-hydroxylation sites is 1. The second-order valence-corrected chi connectivity index (χ2v) is 7.41. The summed E-state index contributed by atoms with van der Waals surface area (Å²) < 4.78 is 0. The van der Waals surface area contributed by atoms with Crippen LogP contribution in [0.15, 0.2) is 58.7 Å². The van der Waals surface area contributed by atoms with Gasteiger partial charge in [-0.2, -0.15) is 0 Å². The molecule has 0 saturated carbocycles. The molecule has 0 bridgehead atoms. The molecule has 2 aromatic carbocycles. The largest absolute Gasteiger partial charge is 0.322 e. The number of amides is 1. The lowest BCUT2D eigenvalue weighted by Gasteiger charge is -2.06. The number of anilines is 1. The van der Waals surface area contributed by atoms with Crippen molar-refractivity contribution < 1.29 is 4.79 Å². The molecule has 0 aliphatic heterocycles. The first-order valence-corrected chi connectivity index (χ1v) is 9.49. The van der Waals surface area contributed by atoms with Crippen molar-refractivity contribution in [1.29, 1.82) is 0 Å². The zero-order valence-corrected chi connectivity index (χ0v) is 16.0. The molecule has 8 heteroatoms. The standard InChI is InChI=1S/C19H11Cl2N3O2S/c20-10-5-6-12(14(21)7-10)16-9-27-19(23-16)24-18(26)13-8-17(25)22-15-4-2-1-3-11(13)15/h1-9H,(H,22,25)(H,23,24,26). The molecule has 27 heavy (non-hydrogen) atoms. The van der Waals surface area contributed by atoms with Crippen molar-refractivity contribution in [2.75, 3.05) is 5.32 Å². The van der Waals surface area contributed by atoms with E-state index in [1.807, 2.05) is 6.07 Å². The van der Waals surface area contributed by atoms with Crippen LogP contribution in [0.4, 0.5) is 5.13 Å². The number of benzene rings is 2. The molecule has 1 amide bonds. The average molecular weight is 416 g/mol. The Bertz CT molecular complexity index is 1230. The van der Waals surface area contributed by atoms with Gasteiger partial charge in [0.2, 0.25) is 5.56 Å². The van der Waals surface area contributed by atoms with Crippen LogP contribution in [0, 0.1) is 0 Å². The minimum Gasteiger partial charge on any atom is -0.322 e. The maximum Gasteiger partial charge on any atom is 0.258 e. The van der Waals surface area contributed by atoms with E-state index < -0.39 is 5.91 Å². The number of hydrogen-bond acceptors (Lipinski definition) is 4. The molecule has 0 saturated heterocycles. The van der Waals surface area contributed by atoms with Gasteiger partial charge < -0.3 is 4.98 Å². The number of nitrogens with one attached hydrogen (secondary N) is 2. The molecule has 2 aromatic heterocycles. The van der Waals surface area contributed by atoms with Crippen molar-refractivity contribution in [2.24, 2.45) is 0 Å². The Kier molecular flexibility index (Phi) is 4.70. The predicted octanol–water partition coefficient (Wildman–Crippen LogP) is 5.21. The van der Waals surface area contributed by atoms with Crippen LogP contribution in [0.3, 0.4) is 0 Å².